The Bertz CT molecular complexity index is 375. The summed E-state index contributed by atoms with van der Waals surface area (Å²) < 4.78 is 27.4. The van der Waals surface area contributed by atoms with Gasteiger partial charge in [0.1, 0.15) is 19.3 Å². The SMILES string of the molecule is CCCCCCCCCCOC[C@@H](O)COP(=O)(O)OCC[N+](C)(C)C. The monoisotopic (exact) mass is 398 g/mol. The summed E-state index contributed by atoms with van der Waals surface area (Å²) in [6.07, 6.45) is 8.88. The van der Waals surface area contributed by atoms with Crippen LogP contribution in [0.3, 0.4) is 0 Å². The van der Waals surface area contributed by atoms with E-state index >= 15 is 0 Å². The van der Waals surface area contributed by atoms with Gasteiger partial charge in [0, 0.05) is 6.61 Å². The molecule has 0 aromatic heterocycles. The predicted octanol–water partition coefficient (Wildman–Crippen LogP) is 3.34. The molecule has 0 aliphatic carbocycles. The van der Waals surface area contributed by atoms with Crippen molar-refractivity contribution in [1.29, 1.82) is 0 Å². The van der Waals surface area contributed by atoms with Crippen molar-refractivity contribution < 1.29 is 32.8 Å². The number of aliphatic hydroxyl groups is 1. The van der Waals surface area contributed by atoms with Crippen molar-refractivity contribution in [1.82, 2.24) is 0 Å². The van der Waals surface area contributed by atoms with Gasteiger partial charge in [-0.1, -0.05) is 51.9 Å². The summed E-state index contributed by atoms with van der Waals surface area (Å²) in [4.78, 5) is 9.56. The minimum atomic E-state index is -4.12. The molecule has 0 radical (unpaired) electrons. The lowest BCUT2D eigenvalue weighted by atomic mass is 10.1. The second-order valence-corrected chi connectivity index (χ2v) is 9.27. The lowest BCUT2D eigenvalue weighted by molar-refractivity contribution is -0.870. The van der Waals surface area contributed by atoms with Gasteiger partial charge in [-0.2, -0.15) is 0 Å². The Morgan fingerprint density at radius 3 is 2.04 bits per heavy atom. The van der Waals surface area contributed by atoms with Crippen molar-refractivity contribution >= 4 is 7.82 Å². The highest BCUT2D eigenvalue weighted by Gasteiger charge is 2.24. The molecule has 8 heteroatoms. The molecule has 0 saturated carbocycles. The van der Waals surface area contributed by atoms with Crippen LogP contribution in [-0.2, 0) is 18.3 Å². The Hall–Kier alpha value is -0.0100. The van der Waals surface area contributed by atoms with Crippen molar-refractivity contribution in [3.8, 4) is 0 Å². The molecule has 0 amide bonds. The van der Waals surface area contributed by atoms with Gasteiger partial charge in [0.2, 0.25) is 0 Å². The zero-order valence-electron chi connectivity index (χ0n) is 17.2. The summed E-state index contributed by atoms with van der Waals surface area (Å²) in [5.74, 6) is 0. The molecule has 26 heavy (non-hydrogen) atoms. The number of nitrogens with zero attached hydrogens (tertiary/aromatic N) is 1. The van der Waals surface area contributed by atoms with Crippen LogP contribution in [0.2, 0.25) is 0 Å². The number of hydrogen-bond acceptors (Lipinski definition) is 5. The molecule has 0 aromatic rings. The molecular formula is C18H41NO6P+. The van der Waals surface area contributed by atoms with Crippen molar-refractivity contribution in [2.24, 2.45) is 0 Å². The Morgan fingerprint density at radius 1 is 0.885 bits per heavy atom. The first-order valence-corrected chi connectivity index (χ1v) is 11.3. The van der Waals surface area contributed by atoms with Gasteiger partial charge in [-0.3, -0.25) is 9.05 Å². The summed E-state index contributed by atoms with van der Waals surface area (Å²) in [5, 5.41) is 9.75. The molecule has 0 fully saturated rings. The number of phosphoric ester groups is 1. The Balaban J connectivity index is 3.55. The Kier molecular flexibility index (Phi) is 15.0. The first-order chi connectivity index (χ1) is 12.2. The third kappa shape index (κ3) is 18.8. The number of phosphoric acid groups is 1. The number of rotatable bonds is 18. The molecule has 2 N–H and O–H groups in total. The van der Waals surface area contributed by atoms with Gasteiger partial charge in [0.05, 0.1) is 34.4 Å². The van der Waals surface area contributed by atoms with Crippen molar-refractivity contribution in [3.05, 3.63) is 0 Å². The standard InChI is InChI=1S/C18H40NO6P/c1-5-6-7-8-9-10-11-12-14-23-16-18(20)17-25-26(21,22)24-15-13-19(2,3)4/h18,20H,5-17H2,1-4H3/p+1/t18-/m1/s1. The van der Waals surface area contributed by atoms with Crippen LogP contribution < -0.4 is 0 Å². The zero-order valence-corrected chi connectivity index (χ0v) is 18.1. The van der Waals surface area contributed by atoms with E-state index in [-0.39, 0.29) is 19.8 Å². The predicted molar refractivity (Wildman–Crippen MR) is 104 cm³/mol. The first-order valence-electron chi connectivity index (χ1n) is 9.84. The fraction of sp³-hybridized carbons (Fsp3) is 1.00. The maximum absolute atomic E-state index is 11.7. The summed E-state index contributed by atoms with van der Waals surface area (Å²) in [6.45, 7) is 3.31. The average Bonchev–Trinajstić information content (AvgIpc) is 2.53. The number of hydrogen-bond donors (Lipinski definition) is 2. The van der Waals surface area contributed by atoms with Crippen molar-refractivity contribution in [2.45, 2.75) is 64.4 Å². The highest BCUT2D eigenvalue weighted by Crippen LogP contribution is 2.43. The van der Waals surface area contributed by atoms with Gasteiger partial charge >= 0.3 is 7.82 Å². The van der Waals surface area contributed by atoms with Crippen LogP contribution in [0.15, 0.2) is 0 Å². The van der Waals surface area contributed by atoms with Crippen molar-refractivity contribution in [3.63, 3.8) is 0 Å². The van der Waals surface area contributed by atoms with Crippen LogP contribution in [0.1, 0.15) is 58.3 Å². The Labute approximate surface area is 159 Å². The summed E-state index contributed by atoms with van der Waals surface area (Å²) in [5.41, 5.74) is 0. The molecular weight excluding hydrogens is 357 g/mol. The van der Waals surface area contributed by atoms with Crippen LogP contribution in [0.5, 0.6) is 0 Å². The van der Waals surface area contributed by atoms with E-state index in [1.807, 2.05) is 21.1 Å². The molecule has 0 spiro atoms. The van der Waals surface area contributed by atoms with E-state index in [0.29, 0.717) is 17.6 Å². The van der Waals surface area contributed by atoms with E-state index in [4.69, 9.17) is 13.8 Å². The van der Waals surface area contributed by atoms with E-state index in [2.05, 4.69) is 6.92 Å². The van der Waals surface area contributed by atoms with Crippen LogP contribution in [0, 0.1) is 0 Å². The first kappa shape index (κ1) is 26.0. The summed E-state index contributed by atoms with van der Waals surface area (Å²) >= 11 is 0. The average molecular weight is 399 g/mol. The molecule has 2 atom stereocenters. The van der Waals surface area contributed by atoms with E-state index < -0.39 is 13.9 Å². The molecule has 158 valence electrons. The molecule has 1 unspecified atom stereocenters. The van der Waals surface area contributed by atoms with Gasteiger partial charge in [0.15, 0.2) is 0 Å². The van der Waals surface area contributed by atoms with Crippen LogP contribution in [0.25, 0.3) is 0 Å². The van der Waals surface area contributed by atoms with E-state index in [9.17, 15) is 14.6 Å². The van der Waals surface area contributed by atoms with Gasteiger partial charge in [-0.25, -0.2) is 4.57 Å². The minimum absolute atomic E-state index is 0.0926. The number of ether oxygens (including phenoxy) is 1. The molecule has 0 aliphatic heterocycles. The quantitative estimate of drug-likeness (QED) is 0.209. The maximum Gasteiger partial charge on any atom is 0.472 e. The third-order valence-electron chi connectivity index (χ3n) is 3.90. The molecule has 0 heterocycles. The van der Waals surface area contributed by atoms with E-state index in [1.165, 1.54) is 38.5 Å². The minimum Gasteiger partial charge on any atom is -0.388 e. The van der Waals surface area contributed by atoms with Crippen LogP contribution >= 0.6 is 7.82 Å². The van der Waals surface area contributed by atoms with Gasteiger partial charge in [-0.15, -0.1) is 0 Å². The number of unbranched alkanes of at least 4 members (excludes halogenated alkanes) is 7. The number of aliphatic hydroxyl groups excluding tert-OH is 1. The largest absolute Gasteiger partial charge is 0.472 e. The fourth-order valence-electron chi connectivity index (χ4n) is 2.25. The van der Waals surface area contributed by atoms with Gasteiger partial charge < -0.3 is 19.2 Å². The Morgan fingerprint density at radius 2 is 1.46 bits per heavy atom. The lowest BCUT2D eigenvalue weighted by Crippen LogP contribution is -2.37. The smallest absolute Gasteiger partial charge is 0.388 e. The van der Waals surface area contributed by atoms with Crippen LogP contribution in [0.4, 0.5) is 0 Å². The molecule has 0 aliphatic rings. The summed E-state index contributed by atoms with van der Waals surface area (Å²) in [6, 6.07) is 0. The summed E-state index contributed by atoms with van der Waals surface area (Å²) in [7, 11) is 1.75. The second kappa shape index (κ2) is 15.0. The second-order valence-electron chi connectivity index (χ2n) is 7.82. The van der Waals surface area contributed by atoms with Crippen LogP contribution in [-0.4, -0.2) is 74.7 Å². The molecule has 0 rings (SSSR count). The maximum atomic E-state index is 11.7. The van der Waals surface area contributed by atoms with E-state index in [1.54, 1.807) is 0 Å². The van der Waals surface area contributed by atoms with Crippen molar-refractivity contribution in [2.75, 3.05) is 54.1 Å². The fourth-order valence-corrected chi connectivity index (χ4v) is 3.00. The number of quaternary nitrogens is 1. The molecule has 0 saturated heterocycles. The third-order valence-corrected chi connectivity index (χ3v) is 4.88. The topological polar surface area (TPSA) is 85.2 Å². The highest BCUT2D eigenvalue weighted by molar-refractivity contribution is 7.47. The molecule has 0 aromatic carbocycles. The molecule has 7 nitrogen and oxygen atoms in total. The lowest BCUT2D eigenvalue weighted by Gasteiger charge is -2.24. The zero-order chi connectivity index (χ0) is 19.9. The number of likely N-dealkylation sites (N-methyl/N-ethyl adjacent to an activating group) is 1. The van der Waals surface area contributed by atoms with E-state index in [0.717, 1.165) is 12.8 Å². The molecule has 0 bridgehead atoms. The normalized spacial score (nSPS) is 15.8. The highest BCUT2D eigenvalue weighted by atomic mass is 31.2. The van der Waals surface area contributed by atoms with Gasteiger partial charge in [-0.05, 0) is 6.42 Å². The van der Waals surface area contributed by atoms with Gasteiger partial charge in [0.25, 0.3) is 0 Å².